The fourth-order valence-electron chi connectivity index (χ4n) is 2.53. The van der Waals surface area contributed by atoms with Gasteiger partial charge in [0.05, 0.1) is 0 Å². The number of rotatable bonds is 1. The van der Waals surface area contributed by atoms with E-state index in [1.54, 1.807) is 22.7 Å². The standard InChI is InChI=1S/C15H10ClNOS2/c16-11-3-1-9(2-4-11)12-14(18)17-7-5-10-6-8-19-13(10)15(17)20-12/h1-4,6,8H,5,7H2/p+1. The first kappa shape index (κ1) is 12.4. The lowest BCUT2D eigenvalue weighted by Gasteiger charge is -2.05. The summed E-state index contributed by atoms with van der Waals surface area (Å²) in [5.74, 6) is 0.367. The van der Waals surface area contributed by atoms with Gasteiger partial charge in [0.25, 0.3) is 5.01 Å². The van der Waals surface area contributed by atoms with Crippen LogP contribution in [0, 0.1) is 0 Å². The Kier molecular flexibility index (Phi) is 2.84. The SMILES string of the molecule is Oc1c(-c2ccc(Cl)cc2)sc2[n+]1CCc1ccsc1-2. The van der Waals surface area contributed by atoms with Gasteiger partial charge in [0, 0.05) is 17.0 Å². The normalized spacial score (nSPS) is 13.1. The number of aromatic hydroxyl groups is 1. The Bertz CT molecular complexity index is 789. The monoisotopic (exact) mass is 320 g/mol. The van der Waals surface area contributed by atoms with Gasteiger partial charge in [-0.3, -0.25) is 0 Å². The molecule has 0 fully saturated rings. The van der Waals surface area contributed by atoms with Gasteiger partial charge in [-0.2, -0.15) is 0 Å². The third-order valence-electron chi connectivity index (χ3n) is 3.55. The van der Waals surface area contributed by atoms with Crippen molar-refractivity contribution in [3.63, 3.8) is 0 Å². The Balaban J connectivity index is 1.90. The highest BCUT2D eigenvalue weighted by Gasteiger charge is 2.33. The van der Waals surface area contributed by atoms with Gasteiger partial charge in [0.15, 0.2) is 11.4 Å². The van der Waals surface area contributed by atoms with Gasteiger partial charge in [-0.15, -0.1) is 15.9 Å². The van der Waals surface area contributed by atoms with E-state index in [-0.39, 0.29) is 0 Å². The zero-order valence-electron chi connectivity index (χ0n) is 10.5. The van der Waals surface area contributed by atoms with Crippen LogP contribution in [-0.2, 0) is 13.0 Å². The lowest BCUT2D eigenvalue weighted by atomic mass is 10.1. The summed E-state index contributed by atoms with van der Waals surface area (Å²) >= 11 is 9.32. The highest BCUT2D eigenvalue weighted by molar-refractivity contribution is 7.22. The minimum Gasteiger partial charge on any atom is -0.459 e. The molecule has 3 heterocycles. The van der Waals surface area contributed by atoms with Crippen molar-refractivity contribution in [2.24, 2.45) is 0 Å². The van der Waals surface area contributed by atoms with E-state index < -0.39 is 0 Å². The van der Waals surface area contributed by atoms with E-state index in [0.29, 0.717) is 10.9 Å². The van der Waals surface area contributed by atoms with Crippen molar-refractivity contribution < 1.29 is 9.67 Å². The molecule has 4 rings (SSSR count). The molecule has 0 saturated carbocycles. The van der Waals surface area contributed by atoms with Crippen LogP contribution < -0.4 is 4.57 Å². The molecule has 1 aliphatic heterocycles. The van der Waals surface area contributed by atoms with Crippen LogP contribution in [0.15, 0.2) is 35.7 Å². The van der Waals surface area contributed by atoms with Crippen LogP contribution >= 0.6 is 34.3 Å². The van der Waals surface area contributed by atoms with Crippen molar-refractivity contribution in [1.29, 1.82) is 0 Å². The molecular formula is C15H11ClNOS2+. The average molecular weight is 321 g/mol. The van der Waals surface area contributed by atoms with Crippen molar-refractivity contribution in [1.82, 2.24) is 0 Å². The van der Waals surface area contributed by atoms with Crippen molar-refractivity contribution in [2.75, 3.05) is 0 Å². The van der Waals surface area contributed by atoms with Gasteiger partial charge < -0.3 is 5.11 Å². The van der Waals surface area contributed by atoms with Crippen LogP contribution in [0.5, 0.6) is 5.88 Å². The van der Waals surface area contributed by atoms with Crippen LogP contribution in [0.4, 0.5) is 0 Å². The molecule has 2 aromatic heterocycles. The summed E-state index contributed by atoms with van der Waals surface area (Å²) in [5.41, 5.74) is 2.40. The maximum absolute atomic E-state index is 10.5. The molecule has 100 valence electrons. The smallest absolute Gasteiger partial charge is 0.385 e. The Morgan fingerprint density at radius 3 is 2.70 bits per heavy atom. The summed E-state index contributed by atoms with van der Waals surface area (Å²) in [6.45, 7) is 0.842. The van der Waals surface area contributed by atoms with Gasteiger partial charge in [-0.05, 0) is 29.1 Å². The summed E-state index contributed by atoms with van der Waals surface area (Å²) < 4.78 is 2.02. The van der Waals surface area contributed by atoms with Crippen molar-refractivity contribution >= 4 is 34.3 Å². The predicted octanol–water partition coefficient (Wildman–Crippen LogP) is 4.35. The lowest BCUT2D eigenvalue weighted by Crippen LogP contribution is -2.37. The molecule has 0 unspecified atom stereocenters. The molecule has 3 aromatic rings. The number of halogens is 1. The van der Waals surface area contributed by atoms with Crippen LogP contribution in [0.3, 0.4) is 0 Å². The van der Waals surface area contributed by atoms with E-state index in [4.69, 9.17) is 11.6 Å². The van der Waals surface area contributed by atoms with E-state index in [1.165, 1.54) is 10.4 Å². The Morgan fingerprint density at radius 1 is 1.10 bits per heavy atom. The highest BCUT2D eigenvalue weighted by atomic mass is 35.5. The fraction of sp³-hybridized carbons (Fsp3) is 0.133. The molecule has 1 aromatic carbocycles. The van der Waals surface area contributed by atoms with E-state index in [9.17, 15) is 5.11 Å². The van der Waals surface area contributed by atoms with E-state index >= 15 is 0 Å². The van der Waals surface area contributed by atoms with E-state index in [0.717, 1.165) is 28.4 Å². The maximum Gasteiger partial charge on any atom is 0.385 e. The zero-order valence-corrected chi connectivity index (χ0v) is 12.9. The quantitative estimate of drug-likeness (QED) is 0.662. The van der Waals surface area contributed by atoms with Gasteiger partial charge in [0.2, 0.25) is 0 Å². The second-order valence-electron chi connectivity index (χ2n) is 4.74. The molecule has 0 saturated heterocycles. The Labute approximate surface area is 129 Å². The van der Waals surface area contributed by atoms with Crippen molar-refractivity contribution in [3.05, 3.63) is 46.3 Å². The molecular weight excluding hydrogens is 310 g/mol. The zero-order chi connectivity index (χ0) is 13.7. The lowest BCUT2D eigenvalue weighted by molar-refractivity contribution is -0.688. The van der Waals surface area contributed by atoms with Crippen molar-refractivity contribution in [3.8, 4) is 26.2 Å². The molecule has 0 spiro atoms. The predicted molar refractivity (Wildman–Crippen MR) is 83.6 cm³/mol. The largest absolute Gasteiger partial charge is 0.459 e. The van der Waals surface area contributed by atoms with Crippen LogP contribution in [0.1, 0.15) is 5.56 Å². The van der Waals surface area contributed by atoms with E-state index in [2.05, 4.69) is 11.4 Å². The Morgan fingerprint density at radius 2 is 1.90 bits per heavy atom. The van der Waals surface area contributed by atoms with Crippen LogP contribution in [0.25, 0.3) is 20.3 Å². The van der Waals surface area contributed by atoms with Gasteiger partial charge in [-0.25, -0.2) is 0 Å². The topological polar surface area (TPSA) is 24.1 Å². The van der Waals surface area contributed by atoms with Gasteiger partial charge >= 0.3 is 5.88 Å². The third-order valence-corrected chi connectivity index (χ3v) is 6.14. The second kappa shape index (κ2) is 4.58. The minimum absolute atomic E-state index is 0.367. The number of hydrogen-bond acceptors (Lipinski definition) is 3. The summed E-state index contributed by atoms with van der Waals surface area (Å²) in [5, 5.41) is 14.5. The number of thiophene rings is 1. The third kappa shape index (κ3) is 1.79. The molecule has 1 aliphatic rings. The second-order valence-corrected chi connectivity index (χ2v) is 7.10. The molecule has 0 aliphatic carbocycles. The summed E-state index contributed by atoms with van der Waals surface area (Å²) in [6.07, 6.45) is 0.987. The number of benzene rings is 1. The highest BCUT2D eigenvalue weighted by Crippen LogP contribution is 2.42. The molecule has 0 bridgehead atoms. The van der Waals surface area contributed by atoms with E-state index in [1.807, 2.05) is 28.8 Å². The fourth-order valence-corrected chi connectivity index (χ4v) is 4.99. The first-order valence-electron chi connectivity index (χ1n) is 6.32. The number of aryl methyl sites for hydroxylation is 1. The first-order chi connectivity index (χ1) is 9.74. The summed E-state index contributed by atoms with van der Waals surface area (Å²) in [4.78, 5) is 2.20. The van der Waals surface area contributed by atoms with Gasteiger partial charge in [0.1, 0.15) is 4.88 Å². The Hall–Kier alpha value is -1.36. The average Bonchev–Trinajstić information content (AvgIpc) is 3.04. The first-order valence-corrected chi connectivity index (χ1v) is 8.40. The molecule has 5 heteroatoms. The van der Waals surface area contributed by atoms with Crippen molar-refractivity contribution in [2.45, 2.75) is 13.0 Å². The molecule has 20 heavy (non-hydrogen) atoms. The number of hydrogen-bond donors (Lipinski definition) is 1. The van der Waals surface area contributed by atoms with Crippen LogP contribution in [-0.4, -0.2) is 5.11 Å². The molecule has 0 amide bonds. The van der Waals surface area contributed by atoms with Gasteiger partial charge in [-0.1, -0.05) is 35.1 Å². The number of nitrogens with zero attached hydrogens (tertiary/aromatic N) is 1. The maximum atomic E-state index is 10.5. The summed E-state index contributed by atoms with van der Waals surface area (Å²) in [7, 11) is 0. The summed E-state index contributed by atoms with van der Waals surface area (Å²) in [6, 6.07) is 9.80. The number of thiazole rings is 1. The number of fused-ring (bicyclic) bond motifs is 3. The molecule has 2 nitrogen and oxygen atoms in total. The van der Waals surface area contributed by atoms with Crippen LogP contribution in [0.2, 0.25) is 5.02 Å². The molecule has 1 N–H and O–H groups in total. The minimum atomic E-state index is 0.367. The number of aromatic nitrogens is 1. The molecule has 0 radical (unpaired) electrons. The molecule has 0 atom stereocenters.